The molecule has 0 saturated heterocycles. The zero-order chi connectivity index (χ0) is 33.1. The number of thiol groups is 1. The van der Waals surface area contributed by atoms with Gasteiger partial charge in [0.05, 0.1) is 21.2 Å². The van der Waals surface area contributed by atoms with Crippen LogP contribution in [0.2, 0.25) is 0 Å². The maximum Gasteiger partial charge on any atom is 0.294 e. The molecule has 3 aromatic rings. The highest BCUT2D eigenvalue weighted by Crippen LogP contribution is 2.36. The van der Waals surface area contributed by atoms with Crippen molar-refractivity contribution < 1.29 is 51.9 Å². The number of aromatic nitrogens is 3. The van der Waals surface area contributed by atoms with Crippen molar-refractivity contribution in [3.05, 3.63) is 30.0 Å². The molecule has 5 N–H and O–H groups in total. The Morgan fingerprint density at radius 1 is 1.00 bits per heavy atom. The van der Waals surface area contributed by atoms with E-state index in [1.54, 1.807) is 0 Å². The largest absolute Gasteiger partial charge is 0.371 e. The first-order chi connectivity index (χ1) is 20.2. The number of aryl methyl sites for hydroxylation is 1. The van der Waals surface area contributed by atoms with Gasteiger partial charge in [0.1, 0.15) is 0 Å². The van der Waals surface area contributed by atoms with E-state index in [9.17, 15) is 42.8 Å². The number of nitrogens with one attached hydrogen (secondary N) is 2. The van der Waals surface area contributed by atoms with Gasteiger partial charge in [0, 0.05) is 24.6 Å². The van der Waals surface area contributed by atoms with Gasteiger partial charge in [-0.2, -0.15) is 30.4 Å². The van der Waals surface area contributed by atoms with E-state index in [0.717, 1.165) is 23.7 Å². The molecule has 0 fully saturated rings. The van der Waals surface area contributed by atoms with Gasteiger partial charge in [-0.05, 0) is 44.9 Å². The van der Waals surface area contributed by atoms with E-state index in [1.165, 1.54) is 31.8 Å². The number of azo groups is 1. The second-order valence-corrected chi connectivity index (χ2v) is 15.9. The molecular weight excluding hydrogens is 691 g/mol. The molecule has 3 rings (SSSR count). The zero-order valence-corrected chi connectivity index (χ0v) is 27.1. The number of hydrogen-bond donors (Lipinski definition) is 6. The first-order valence-electron chi connectivity index (χ1n) is 12.0. The Balaban J connectivity index is 1.92. The molecule has 244 valence electrons. The number of benzene rings is 1. The molecule has 0 aliphatic rings. The second-order valence-electron chi connectivity index (χ2n) is 9.04. The molecule has 0 bridgehead atoms. The first kappa shape index (κ1) is 35.4. The highest BCUT2D eigenvalue weighted by atomic mass is 32.2. The van der Waals surface area contributed by atoms with Crippen LogP contribution >= 0.6 is 11.8 Å². The number of unbranched alkanes of at least 4 members (excludes halogenated alkanes) is 1. The maximum absolute atomic E-state index is 12.6. The minimum atomic E-state index is -4.98. The van der Waals surface area contributed by atoms with E-state index in [4.69, 9.17) is 9.08 Å². The smallest absolute Gasteiger partial charge is 0.294 e. The summed E-state index contributed by atoms with van der Waals surface area (Å²) in [6, 6.07) is 3.44. The van der Waals surface area contributed by atoms with Crippen LogP contribution in [0.3, 0.4) is 0 Å². The molecule has 1 unspecified atom stereocenters. The molecule has 0 amide bonds. The molecule has 0 radical (unpaired) electrons. The minimum Gasteiger partial charge on any atom is -0.371 e. The Morgan fingerprint density at radius 2 is 1.61 bits per heavy atom. The number of thioether (sulfide) groups is 1. The lowest BCUT2D eigenvalue weighted by molar-refractivity contribution is 0.351. The molecule has 1 aromatic carbocycles. The van der Waals surface area contributed by atoms with Crippen molar-refractivity contribution >= 4 is 75.8 Å². The minimum absolute atomic E-state index is 0.00156. The third kappa shape index (κ3) is 8.96. The molecular formula is C20H27N7O12S5. The summed E-state index contributed by atoms with van der Waals surface area (Å²) in [7, 11) is -16.1. The van der Waals surface area contributed by atoms with Gasteiger partial charge in [-0.15, -0.1) is 10.2 Å². The van der Waals surface area contributed by atoms with Gasteiger partial charge >= 0.3 is 0 Å². The fourth-order valence-electron chi connectivity index (χ4n) is 3.59. The van der Waals surface area contributed by atoms with Crippen LogP contribution in [0.1, 0.15) is 25.5 Å². The molecule has 2 aromatic heterocycles. The van der Waals surface area contributed by atoms with E-state index in [2.05, 4.69) is 31.1 Å². The van der Waals surface area contributed by atoms with Crippen LogP contribution in [-0.4, -0.2) is 80.8 Å². The summed E-state index contributed by atoms with van der Waals surface area (Å²) < 4.78 is 127. The Hall–Kier alpha value is -3.13. The lowest BCUT2D eigenvalue weighted by Gasteiger charge is -2.28. The number of nitrogens with zero attached hydrogens (tertiary/aromatic N) is 5. The Labute approximate surface area is 257 Å². The van der Waals surface area contributed by atoms with Crippen molar-refractivity contribution in [3.63, 3.8) is 0 Å². The third-order valence-corrected chi connectivity index (χ3v) is 10.1. The van der Waals surface area contributed by atoms with Crippen molar-refractivity contribution in [2.75, 3.05) is 29.2 Å². The fourth-order valence-corrected chi connectivity index (χ4v) is 6.69. The number of hydrogen-bond acceptors (Lipinski definition) is 16. The second kappa shape index (κ2) is 13.5. The van der Waals surface area contributed by atoms with Gasteiger partial charge < -0.3 is 15.2 Å². The molecule has 1 atom stereocenters. The predicted molar refractivity (Wildman–Crippen MR) is 157 cm³/mol. The maximum atomic E-state index is 12.6. The lowest BCUT2D eigenvalue weighted by Crippen LogP contribution is -2.41. The summed E-state index contributed by atoms with van der Waals surface area (Å²) in [6.07, 6.45) is 0.719. The van der Waals surface area contributed by atoms with Crippen LogP contribution in [0.15, 0.2) is 53.9 Å². The predicted octanol–water partition coefficient (Wildman–Crippen LogP) is 2.24. The zero-order valence-electron chi connectivity index (χ0n) is 23.0. The van der Waals surface area contributed by atoms with E-state index < -0.39 is 61.5 Å². The lowest BCUT2D eigenvalue weighted by atomic mass is 10.3. The average Bonchev–Trinajstić information content (AvgIpc) is 3.48. The van der Waals surface area contributed by atoms with E-state index in [1.807, 2.05) is 0 Å². The van der Waals surface area contributed by atoms with Crippen molar-refractivity contribution in [3.8, 4) is 0 Å². The fraction of sp³-hybridized carbons (Fsp3) is 0.400. The standard InChI is InChI=1S/C20H27N7O12S5/c1-12-18(24-23-16-11-17(39-26-16)40-6-4-5-7-42(30,31)32)19(21-3)27(25-12)20(2,41(28)29)22-13-8-14(43(33,34)35)10-15(9-13)44(36,37)38/h8-11,21-22,41H,4-7H2,1-3H3,(H,30,31,32)(H,33,34,35)(H,36,37,38). The van der Waals surface area contributed by atoms with Gasteiger partial charge in [-0.25, -0.2) is 13.1 Å². The molecule has 0 spiro atoms. The molecule has 2 heterocycles. The SMILES string of the molecule is CNc1c(N=Nc2cc(SCCCCS(=O)(=O)O)on2)c(C)nn1C(C)(Nc1cc(S(=O)(=O)O)cc(S(=O)(=O)O)c1)[SH](=O)=O. The van der Waals surface area contributed by atoms with Crippen molar-refractivity contribution in [2.45, 2.75) is 46.6 Å². The van der Waals surface area contributed by atoms with E-state index in [-0.39, 0.29) is 35.2 Å². The van der Waals surface area contributed by atoms with Gasteiger partial charge in [0.25, 0.3) is 30.4 Å². The molecule has 0 saturated carbocycles. The van der Waals surface area contributed by atoms with Crippen LogP contribution in [0.25, 0.3) is 0 Å². The monoisotopic (exact) mass is 717 g/mol. The summed E-state index contributed by atoms with van der Waals surface area (Å²) in [6.45, 7) is 2.60. The van der Waals surface area contributed by atoms with Crippen molar-refractivity contribution in [1.29, 1.82) is 0 Å². The molecule has 0 aliphatic heterocycles. The topological polar surface area (TPSA) is 290 Å². The van der Waals surface area contributed by atoms with Crippen molar-refractivity contribution in [1.82, 2.24) is 14.9 Å². The van der Waals surface area contributed by atoms with E-state index >= 15 is 0 Å². The summed E-state index contributed by atoms with van der Waals surface area (Å²) >= 11 is 1.22. The summed E-state index contributed by atoms with van der Waals surface area (Å²) in [5.74, 6) is 0.144. The van der Waals surface area contributed by atoms with Crippen LogP contribution in [0.5, 0.6) is 0 Å². The van der Waals surface area contributed by atoms with Crippen LogP contribution in [0.4, 0.5) is 23.0 Å². The summed E-state index contributed by atoms with van der Waals surface area (Å²) in [5, 5.41) is 21.7. The van der Waals surface area contributed by atoms with Crippen molar-refractivity contribution in [2.24, 2.45) is 10.2 Å². The Bertz CT molecular complexity index is 1910. The molecule has 19 nitrogen and oxygen atoms in total. The quantitative estimate of drug-likeness (QED) is 0.0432. The highest BCUT2D eigenvalue weighted by molar-refractivity contribution is 7.99. The van der Waals surface area contributed by atoms with Crippen LogP contribution < -0.4 is 10.6 Å². The molecule has 24 heteroatoms. The van der Waals surface area contributed by atoms with E-state index in [0.29, 0.717) is 23.3 Å². The van der Waals surface area contributed by atoms with Crippen LogP contribution in [0, 0.1) is 6.92 Å². The van der Waals surface area contributed by atoms with Gasteiger partial charge in [-0.3, -0.25) is 13.7 Å². The van der Waals surface area contributed by atoms with Crippen LogP contribution in [-0.2, 0) is 46.1 Å². The van der Waals surface area contributed by atoms with Gasteiger partial charge in [0.15, 0.2) is 27.3 Å². The summed E-state index contributed by atoms with van der Waals surface area (Å²) in [5.41, 5.74) is -0.200. The van der Waals surface area contributed by atoms with Gasteiger partial charge in [0.2, 0.25) is 10.8 Å². The normalized spacial score (nSPS) is 14.2. The average molecular weight is 718 g/mol. The van der Waals surface area contributed by atoms with Gasteiger partial charge in [-0.1, -0.05) is 16.9 Å². The summed E-state index contributed by atoms with van der Waals surface area (Å²) in [4.78, 5) is -4.10. The number of anilines is 2. The number of rotatable bonds is 15. The Kier molecular flexibility index (Phi) is 10.8. The Morgan fingerprint density at radius 3 is 2.14 bits per heavy atom. The molecule has 44 heavy (non-hydrogen) atoms. The third-order valence-electron chi connectivity index (χ3n) is 5.66. The first-order valence-corrected chi connectivity index (χ1v) is 18.7. The highest BCUT2D eigenvalue weighted by Gasteiger charge is 2.36. The molecule has 0 aliphatic carbocycles.